The van der Waals surface area contributed by atoms with Crippen LogP contribution in [0.25, 0.3) is 0 Å². The number of likely N-dealkylation sites (N-methyl/N-ethyl adjacent to an activating group) is 1. The van der Waals surface area contributed by atoms with E-state index in [9.17, 15) is 4.39 Å². The topological polar surface area (TPSA) is 12.0 Å². The fourth-order valence-electron chi connectivity index (χ4n) is 3.26. The summed E-state index contributed by atoms with van der Waals surface area (Å²) in [7, 11) is 2.04. The highest BCUT2D eigenvalue weighted by Gasteiger charge is 2.18. The van der Waals surface area contributed by atoms with Crippen LogP contribution in [0, 0.1) is 11.7 Å². The van der Waals surface area contributed by atoms with Gasteiger partial charge in [-0.15, -0.1) is 0 Å². The van der Waals surface area contributed by atoms with E-state index in [0.29, 0.717) is 6.04 Å². The van der Waals surface area contributed by atoms with E-state index in [1.807, 2.05) is 13.1 Å². The van der Waals surface area contributed by atoms with E-state index < -0.39 is 0 Å². The van der Waals surface area contributed by atoms with E-state index in [1.165, 1.54) is 50.5 Å². The van der Waals surface area contributed by atoms with Crippen molar-refractivity contribution in [3.63, 3.8) is 0 Å². The van der Waals surface area contributed by atoms with Crippen molar-refractivity contribution in [2.45, 2.75) is 57.4 Å². The average Bonchev–Trinajstić information content (AvgIpc) is 2.69. The third-order valence-corrected chi connectivity index (χ3v) is 5.22. The molecule has 2 rings (SSSR count). The zero-order chi connectivity index (χ0) is 14.4. The number of benzene rings is 1. The quantitative estimate of drug-likeness (QED) is 0.736. The zero-order valence-electron chi connectivity index (χ0n) is 12.3. The van der Waals surface area contributed by atoms with Crippen molar-refractivity contribution in [2.75, 3.05) is 7.05 Å². The average molecular weight is 342 g/mol. The fraction of sp³-hybridized carbons (Fsp3) is 0.647. The Kier molecular flexibility index (Phi) is 6.50. The summed E-state index contributed by atoms with van der Waals surface area (Å²) in [5.41, 5.74) is 1.19. The van der Waals surface area contributed by atoms with Crippen molar-refractivity contribution in [3.05, 3.63) is 34.1 Å². The van der Waals surface area contributed by atoms with Crippen LogP contribution in [-0.2, 0) is 6.42 Å². The molecule has 1 saturated carbocycles. The highest BCUT2D eigenvalue weighted by Crippen LogP contribution is 2.28. The molecule has 0 spiro atoms. The lowest BCUT2D eigenvalue weighted by Crippen LogP contribution is -2.30. The Morgan fingerprint density at radius 1 is 1.25 bits per heavy atom. The van der Waals surface area contributed by atoms with Gasteiger partial charge in [0, 0.05) is 10.5 Å². The molecule has 112 valence electrons. The molecule has 1 aliphatic carbocycles. The molecule has 1 aliphatic rings. The maximum absolute atomic E-state index is 13.1. The van der Waals surface area contributed by atoms with Crippen molar-refractivity contribution >= 4 is 15.9 Å². The summed E-state index contributed by atoms with van der Waals surface area (Å²) >= 11 is 3.47. The summed E-state index contributed by atoms with van der Waals surface area (Å²) in [5.74, 6) is 0.680. The Bertz CT molecular complexity index is 413. The van der Waals surface area contributed by atoms with Crippen LogP contribution < -0.4 is 5.32 Å². The molecule has 1 fully saturated rings. The standard InChI is InChI=1S/C17H25BrFN/c1-20-16(10-13-6-4-2-3-5-7-13)11-14-8-9-15(19)12-17(14)18/h8-9,12-13,16,20H,2-7,10-11H2,1H3. The van der Waals surface area contributed by atoms with Gasteiger partial charge in [-0.25, -0.2) is 4.39 Å². The minimum atomic E-state index is -0.176. The fourth-order valence-corrected chi connectivity index (χ4v) is 3.77. The van der Waals surface area contributed by atoms with E-state index in [-0.39, 0.29) is 5.82 Å². The van der Waals surface area contributed by atoms with Gasteiger partial charge in [0.1, 0.15) is 5.82 Å². The molecule has 0 radical (unpaired) electrons. The van der Waals surface area contributed by atoms with Crippen LogP contribution in [-0.4, -0.2) is 13.1 Å². The molecule has 1 unspecified atom stereocenters. The highest BCUT2D eigenvalue weighted by atomic mass is 79.9. The molecule has 1 atom stereocenters. The van der Waals surface area contributed by atoms with Crippen molar-refractivity contribution in [3.8, 4) is 0 Å². The van der Waals surface area contributed by atoms with Crippen molar-refractivity contribution < 1.29 is 4.39 Å². The first-order valence-electron chi connectivity index (χ1n) is 7.80. The first-order valence-corrected chi connectivity index (χ1v) is 8.59. The van der Waals surface area contributed by atoms with Crippen molar-refractivity contribution in [2.24, 2.45) is 5.92 Å². The molecule has 3 heteroatoms. The van der Waals surface area contributed by atoms with E-state index in [0.717, 1.165) is 16.8 Å². The molecule has 1 N–H and O–H groups in total. The summed E-state index contributed by atoms with van der Waals surface area (Å²) in [6.45, 7) is 0. The maximum atomic E-state index is 13.1. The molecular formula is C17H25BrFN. The van der Waals surface area contributed by atoms with Crippen LogP contribution in [0.2, 0.25) is 0 Å². The molecule has 0 saturated heterocycles. The molecule has 1 aromatic carbocycles. The largest absolute Gasteiger partial charge is 0.317 e. The minimum Gasteiger partial charge on any atom is -0.317 e. The third-order valence-electron chi connectivity index (χ3n) is 4.48. The van der Waals surface area contributed by atoms with E-state index >= 15 is 0 Å². The van der Waals surface area contributed by atoms with Crippen molar-refractivity contribution in [1.82, 2.24) is 5.32 Å². The Balaban J connectivity index is 1.93. The van der Waals surface area contributed by atoms with Gasteiger partial charge >= 0.3 is 0 Å². The van der Waals surface area contributed by atoms with Crippen LogP contribution in [0.5, 0.6) is 0 Å². The van der Waals surface area contributed by atoms with E-state index in [4.69, 9.17) is 0 Å². The molecule has 1 aromatic rings. The van der Waals surface area contributed by atoms with Crippen LogP contribution >= 0.6 is 15.9 Å². The minimum absolute atomic E-state index is 0.176. The van der Waals surface area contributed by atoms with Gasteiger partial charge < -0.3 is 5.32 Å². The number of rotatable bonds is 5. The van der Waals surface area contributed by atoms with Crippen molar-refractivity contribution in [1.29, 1.82) is 0 Å². The lowest BCUT2D eigenvalue weighted by Gasteiger charge is -2.23. The predicted octanol–water partition coefficient (Wildman–Crippen LogP) is 5.08. The summed E-state index contributed by atoms with van der Waals surface area (Å²) in [6, 6.07) is 5.50. The van der Waals surface area contributed by atoms with Gasteiger partial charge in [-0.2, -0.15) is 0 Å². The summed E-state index contributed by atoms with van der Waals surface area (Å²) in [5, 5.41) is 3.45. The lowest BCUT2D eigenvalue weighted by atomic mass is 9.90. The summed E-state index contributed by atoms with van der Waals surface area (Å²) in [6.07, 6.45) is 10.6. The van der Waals surface area contributed by atoms with Crippen LogP contribution in [0.1, 0.15) is 50.5 Å². The predicted molar refractivity (Wildman–Crippen MR) is 86.5 cm³/mol. The Hall–Kier alpha value is -0.410. The third kappa shape index (κ3) is 4.85. The highest BCUT2D eigenvalue weighted by molar-refractivity contribution is 9.10. The Morgan fingerprint density at radius 2 is 1.95 bits per heavy atom. The first kappa shape index (κ1) is 16.0. The smallest absolute Gasteiger partial charge is 0.124 e. The van der Waals surface area contributed by atoms with Gasteiger partial charge in [0.2, 0.25) is 0 Å². The molecule has 0 aromatic heterocycles. The summed E-state index contributed by atoms with van der Waals surface area (Å²) in [4.78, 5) is 0. The Morgan fingerprint density at radius 3 is 2.55 bits per heavy atom. The van der Waals surface area contributed by atoms with Gasteiger partial charge in [-0.1, -0.05) is 60.5 Å². The molecular weight excluding hydrogens is 317 g/mol. The Labute approximate surface area is 130 Å². The van der Waals surface area contributed by atoms with Crippen LogP contribution in [0.15, 0.2) is 22.7 Å². The van der Waals surface area contributed by atoms with Gasteiger partial charge in [0.15, 0.2) is 0 Å². The second kappa shape index (κ2) is 8.14. The summed E-state index contributed by atoms with van der Waals surface area (Å²) < 4.78 is 14.0. The number of hydrogen-bond donors (Lipinski definition) is 1. The van der Waals surface area contributed by atoms with E-state index in [2.05, 4.69) is 21.2 Å². The van der Waals surface area contributed by atoms with E-state index in [1.54, 1.807) is 12.1 Å². The number of hydrogen-bond acceptors (Lipinski definition) is 1. The second-order valence-corrected chi connectivity index (χ2v) is 6.87. The van der Waals surface area contributed by atoms with Gasteiger partial charge in [0.25, 0.3) is 0 Å². The monoisotopic (exact) mass is 341 g/mol. The molecule has 20 heavy (non-hydrogen) atoms. The van der Waals surface area contributed by atoms with Crippen LogP contribution in [0.3, 0.4) is 0 Å². The van der Waals surface area contributed by atoms with Gasteiger partial charge in [-0.05, 0) is 43.5 Å². The molecule has 1 nitrogen and oxygen atoms in total. The second-order valence-electron chi connectivity index (χ2n) is 6.02. The normalized spacial score (nSPS) is 18.8. The van der Waals surface area contributed by atoms with Gasteiger partial charge in [-0.3, -0.25) is 0 Å². The number of nitrogens with one attached hydrogen (secondary N) is 1. The van der Waals surface area contributed by atoms with Gasteiger partial charge in [0.05, 0.1) is 0 Å². The molecule has 0 bridgehead atoms. The molecule has 0 amide bonds. The number of halogens is 2. The molecule has 0 heterocycles. The SMILES string of the molecule is CNC(Cc1ccc(F)cc1Br)CC1CCCCCC1. The van der Waals surface area contributed by atoms with Crippen LogP contribution in [0.4, 0.5) is 4.39 Å². The lowest BCUT2D eigenvalue weighted by molar-refractivity contribution is 0.361. The molecule has 0 aliphatic heterocycles. The zero-order valence-corrected chi connectivity index (χ0v) is 13.9. The first-order chi connectivity index (χ1) is 9.69. The maximum Gasteiger partial charge on any atom is 0.124 e.